The molecular formula is C16H18N2O3. The Labute approximate surface area is 123 Å². The molecule has 4 N–H and O–H groups in total. The Bertz CT molecular complexity index is 624. The summed E-state index contributed by atoms with van der Waals surface area (Å²) in [6, 6.07) is 12.6. The number of rotatable bonds is 6. The fourth-order valence-electron chi connectivity index (χ4n) is 2.07. The number of carboxylic acid groups (broad SMARTS) is 1. The second-order valence-corrected chi connectivity index (χ2v) is 4.60. The van der Waals surface area contributed by atoms with E-state index in [9.17, 15) is 4.79 Å². The zero-order chi connectivity index (χ0) is 15.2. The maximum Gasteiger partial charge on any atom is 0.337 e. The predicted octanol–water partition coefficient (Wildman–Crippen LogP) is 2.63. The minimum Gasteiger partial charge on any atom is -0.497 e. The maximum atomic E-state index is 11.2. The van der Waals surface area contributed by atoms with Crippen molar-refractivity contribution in [1.82, 2.24) is 0 Å². The summed E-state index contributed by atoms with van der Waals surface area (Å²) in [6.07, 6.45) is 0.761. The first kappa shape index (κ1) is 14.7. The fraction of sp³-hybridized carbons (Fsp3) is 0.188. The third kappa shape index (κ3) is 3.66. The smallest absolute Gasteiger partial charge is 0.337 e. The van der Waals surface area contributed by atoms with Gasteiger partial charge in [-0.05, 0) is 36.2 Å². The van der Waals surface area contributed by atoms with Gasteiger partial charge in [-0.2, -0.15) is 0 Å². The second-order valence-electron chi connectivity index (χ2n) is 4.60. The molecule has 0 spiro atoms. The molecule has 5 heteroatoms. The van der Waals surface area contributed by atoms with Gasteiger partial charge in [-0.25, -0.2) is 4.79 Å². The van der Waals surface area contributed by atoms with Crippen molar-refractivity contribution in [2.75, 3.05) is 24.7 Å². The van der Waals surface area contributed by atoms with Crippen LogP contribution in [0.5, 0.6) is 5.75 Å². The first-order chi connectivity index (χ1) is 10.1. The lowest BCUT2D eigenvalue weighted by Crippen LogP contribution is -2.11. The summed E-state index contributed by atoms with van der Waals surface area (Å²) in [5, 5.41) is 12.3. The summed E-state index contributed by atoms with van der Waals surface area (Å²) in [6.45, 7) is 0.598. The Morgan fingerprint density at radius 3 is 2.57 bits per heavy atom. The highest BCUT2D eigenvalue weighted by molar-refractivity contribution is 5.97. The van der Waals surface area contributed by atoms with Crippen LogP contribution in [0.1, 0.15) is 15.9 Å². The second kappa shape index (κ2) is 6.65. The largest absolute Gasteiger partial charge is 0.497 e. The van der Waals surface area contributed by atoms with Gasteiger partial charge in [0.25, 0.3) is 0 Å². The summed E-state index contributed by atoms with van der Waals surface area (Å²) >= 11 is 0. The van der Waals surface area contributed by atoms with Gasteiger partial charge in [0.1, 0.15) is 5.75 Å². The summed E-state index contributed by atoms with van der Waals surface area (Å²) in [7, 11) is 1.63. The number of aromatic carboxylic acids is 1. The predicted molar refractivity (Wildman–Crippen MR) is 83.0 cm³/mol. The number of nitrogens with two attached hydrogens (primary N) is 1. The van der Waals surface area contributed by atoms with Crippen molar-refractivity contribution in [3.8, 4) is 5.75 Å². The Balaban J connectivity index is 2.01. The maximum absolute atomic E-state index is 11.2. The zero-order valence-electron chi connectivity index (χ0n) is 11.8. The number of hydrogen-bond donors (Lipinski definition) is 3. The molecule has 0 atom stereocenters. The third-order valence-electron chi connectivity index (χ3n) is 3.20. The summed E-state index contributed by atoms with van der Waals surface area (Å²) in [4.78, 5) is 11.2. The van der Waals surface area contributed by atoms with Crippen molar-refractivity contribution in [3.05, 3.63) is 53.6 Å². The number of para-hydroxylation sites is 1. The SMILES string of the molecule is COc1ccc(CCNc2c(N)cccc2C(=O)O)cc1. The first-order valence-electron chi connectivity index (χ1n) is 6.60. The van der Waals surface area contributed by atoms with E-state index in [0.717, 1.165) is 17.7 Å². The molecule has 0 aromatic heterocycles. The van der Waals surface area contributed by atoms with Gasteiger partial charge in [0.2, 0.25) is 0 Å². The zero-order valence-corrected chi connectivity index (χ0v) is 11.8. The Kier molecular flexibility index (Phi) is 4.66. The first-order valence-corrected chi connectivity index (χ1v) is 6.60. The Morgan fingerprint density at radius 2 is 1.95 bits per heavy atom. The standard InChI is InChI=1S/C16H18N2O3/c1-21-12-7-5-11(6-8-12)9-10-18-15-13(16(19)20)3-2-4-14(15)17/h2-8,18H,9-10,17H2,1H3,(H,19,20). The van der Waals surface area contributed by atoms with E-state index >= 15 is 0 Å². The number of ether oxygens (including phenoxy) is 1. The lowest BCUT2D eigenvalue weighted by Gasteiger charge is -2.12. The molecule has 0 amide bonds. The van der Waals surface area contributed by atoms with Crippen molar-refractivity contribution in [3.63, 3.8) is 0 Å². The van der Waals surface area contributed by atoms with Crippen LogP contribution >= 0.6 is 0 Å². The minimum atomic E-state index is -0.991. The van der Waals surface area contributed by atoms with Crippen molar-refractivity contribution >= 4 is 17.3 Å². The van der Waals surface area contributed by atoms with Gasteiger partial charge < -0.3 is 20.9 Å². The highest BCUT2D eigenvalue weighted by Crippen LogP contribution is 2.23. The van der Waals surface area contributed by atoms with E-state index in [0.29, 0.717) is 17.9 Å². The molecule has 0 radical (unpaired) electrons. The van der Waals surface area contributed by atoms with Gasteiger partial charge in [-0.1, -0.05) is 18.2 Å². The topological polar surface area (TPSA) is 84.6 Å². The van der Waals surface area contributed by atoms with Crippen LogP contribution in [0, 0.1) is 0 Å². The molecule has 110 valence electrons. The van der Waals surface area contributed by atoms with E-state index in [1.807, 2.05) is 24.3 Å². The highest BCUT2D eigenvalue weighted by Gasteiger charge is 2.11. The monoisotopic (exact) mass is 286 g/mol. The van der Waals surface area contributed by atoms with Crippen molar-refractivity contribution in [2.24, 2.45) is 0 Å². The molecule has 0 saturated heterocycles. The molecule has 0 fully saturated rings. The van der Waals surface area contributed by atoms with Crippen LogP contribution in [-0.2, 0) is 6.42 Å². The highest BCUT2D eigenvalue weighted by atomic mass is 16.5. The molecule has 0 aliphatic rings. The van der Waals surface area contributed by atoms with Gasteiger partial charge >= 0.3 is 5.97 Å². The number of nitrogen functional groups attached to an aromatic ring is 1. The molecule has 2 rings (SSSR count). The van der Waals surface area contributed by atoms with Crippen LogP contribution in [0.3, 0.4) is 0 Å². The van der Waals surface area contributed by atoms with Gasteiger partial charge in [-0.3, -0.25) is 0 Å². The molecule has 0 bridgehead atoms. The minimum absolute atomic E-state index is 0.185. The molecule has 0 aliphatic heterocycles. The van der Waals surface area contributed by atoms with Gasteiger partial charge in [-0.15, -0.1) is 0 Å². The average molecular weight is 286 g/mol. The van der Waals surface area contributed by atoms with E-state index in [1.165, 1.54) is 6.07 Å². The number of benzene rings is 2. The molecule has 2 aromatic rings. The average Bonchev–Trinajstić information content (AvgIpc) is 2.49. The Morgan fingerprint density at radius 1 is 1.24 bits per heavy atom. The van der Waals surface area contributed by atoms with Crippen molar-refractivity contribution in [2.45, 2.75) is 6.42 Å². The van der Waals surface area contributed by atoms with E-state index in [4.69, 9.17) is 15.6 Å². The quantitative estimate of drug-likeness (QED) is 0.711. The van der Waals surface area contributed by atoms with Crippen LogP contribution in [0.4, 0.5) is 11.4 Å². The fourth-order valence-corrected chi connectivity index (χ4v) is 2.07. The summed E-state index contributed by atoms with van der Waals surface area (Å²) in [5.41, 5.74) is 8.06. The van der Waals surface area contributed by atoms with E-state index in [1.54, 1.807) is 19.2 Å². The normalized spacial score (nSPS) is 10.1. The summed E-state index contributed by atoms with van der Waals surface area (Å²) < 4.78 is 5.10. The van der Waals surface area contributed by atoms with Gasteiger partial charge in [0.05, 0.1) is 24.0 Å². The molecular weight excluding hydrogens is 268 g/mol. The molecule has 2 aromatic carbocycles. The molecule has 0 heterocycles. The van der Waals surface area contributed by atoms with Gasteiger partial charge in [0, 0.05) is 6.54 Å². The van der Waals surface area contributed by atoms with E-state index in [-0.39, 0.29) is 5.56 Å². The third-order valence-corrected chi connectivity index (χ3v) is 3.20. The van der Waals surface area contributed by atoms with Crippen molar-refractivity contribution in [1.29, 1.82) is 0 Å². The van der Waals surface area contributed by atoms with Gasteiger partial charge in [0.15, 0.2) is 0 Å². The number of methoxy groups -OCH3 is 1. The van der Waals surface area contributed by atoms with Crippen LogP contribution in [0.2, 0.25) is 0 Å². The molecule has 5 nitrogen and oxygen atoms in total. The number of anilines is 2. The lowest BCUT2D eigenvalue weighted by atomic mass is 10.1. The molecule has 0 saturated carbocycles. The number of nitrogens with one attached hydrogen (secondary N) is 1. The number of hydrogen-bond acceptors (Lipinski definition) is 4. The Hall–Kier alpha value is -2.69. The lowest BCUT2D eigenvalue weighted by molar-refractivity contribution is 0.0698. The van der Waals surface area contributed by atoms with Crippen LogP contribution in [0.25, 0.3) is 0 Å². The number of carbonyl (C=O) groups is 1. The molecule has 0 unspecified atom stereocenters. The van der Waals surface area contributed by atoms with Crippen LogP contribution < -0.4 is 15.8 Å². The molecule has 0 aliphatic carbocycles. The molecule has 21 heavy (non-hydrogen) atoms. The van der Waals surface area contributed by atoms with E-state index < -0.39 is 5.97 Å². The van der Waals surface area contributed by atoms with Crippen LogP contribution in [-0.4, -0.2) is 24.7 Å². The van der Waals surface area contributed by atoms with E-state index in [2.05, 4.69) is 5.32 Å². The number of carboxylic acids is 1. The van der Waals surface area contributed by atoms with Crippen LogP contribution in [0.15, 0.2) is 42.5 Å². The summed E-state index contributed by atoms with van der Waals surface area (Å²) in [5.74, 6) is -0.179. The van der Waals surface area contributed by atoms with Crippen molar-refractivity contribution < 1.29 is 14.6 Å².